The van der Waals surface area contributed by atoms with E-state index in [2.05, 4.69) is 10.3 Å². The highest BCUT2D eigenvalue weighted by Crippen LogP contribution is 2.21. The molecule has 27 heavy (non-hydrogen) atoms. The summed E-state index contributed by atoms with van der Waals surface area (Å²) in [5, 5.41) is 3.16. The molecule has 1 saturated heterocycles. The van der Waals surface area contributed by atoms with E-state index in [4.69, 9.17) is 4.74 Å². The Kier molecular flexibility index (Phi) is 5.65. The second-order valence-corrected chi connectivity index (χ2v) is 8.66. The second kappa shape index (κ2) is 7.96. The number of nitrogens with one attached hydrogen (secondary N) is 1. The number of ether oxygens (including phenoxy) is 1. The Morgan fingerprint density at radius 1 is 1.26 bits per heavy atom. The molecule has 3 rings (SSSR count). The summed E-state index contributed by atoms with van der Waals surface area (Å²) < 4.78 is 28.6. The monoisotopic (exact) mass is 389 g/mol. The molecule has 1 aliphatic rings. The van der Waals surface area contributed by atoms with Crippen molar-refractivity contribution in [2.45, 2.75) is 19.4 Å². The molecule has 1 N–H and O–H groups in total. The van der Waals surface area contributed by atoms with E-state index in [0.29, 0.717) is 24.3 Å². The van der Waals surface area contributed by atoms with Gasteiger partial charge in [0, 0.05) is 24.5 Å². The van der Waals surface area contributed by atoms with Gasteiger partial charge >= 0.3 is 0 Å². The van der Waals surface area contributed by atoms with Crippen LogP contribution in [0.25, 0.3) is 0 Å². The highest BCUT2D eigenvalue weighted by atomic mass is 32.2. The largest absolute Gasteiger partial charge is 0.497 e. The summed E-state index contributed by atoms with van der Waals surface area (Å²) in [4.78, 5) is 18.7. The molecule has 1 amide bonds. The number of hydrogen-bond acceptors (Lipinski definition) is 6. The van der Waals surface area contributed by atoms with E-state index < -0.39 is 9.84 Å². The first-order valence-electron chi connectivity index (χ1n) is 8.80. The minimum absolute atomic E-state index is 0.0388. The molecule has 0 saturated carbocycles. The first kappa shape index (κ1) is 19.2. The summed E-state index contributed by atoms with van der Waals surface area (Å²) in [6.07, 6.45) is 2.01. The van der Waals surface area contributed by atoms with Crippen LogP contribution in [-0.4, -0.2) is 55.4 Å². The van der Waals surface area contributed by atoms with Crippen molar-refractivity contribution < 1.29 is 17.9 Å². The zero-order valence-electron chi connectivity index (χ0n) is 15.4. The molecule has 0 aliphatic carbocycles. The van der Waals surface area contributed by atoms with E-state index in [0.717, 1.165) is 11.4 Å². The van der Waals surface area contributed by atoms with Crippen LogP contribution in [0.15, 0.2) is 42.6 Å². The Morgan fingerprint density at radius 3 is 2.52 bits per heavy atom. The normalized spacial score (nSPS) is 18.1. The number of benzene rings is 1. The number of pyridine rings is 1. The van der Waals surface area contributed by atoms with Gasteiger partial charge in [0.05, 0.1) is 24.2 Å². The Labute approximate surface area is 159 Å². The number of carbonyl (C=O) groups excluding carboxylic acids is 1. The molecule has 7 nitrogen and oxygen atoms in total. The molecular weight excluding hydrogens is 366 g/mol. The van der Waals surface area contributed by atoms with Gasteiger partial charge < -0.3 is 15.0 Å². The van der Waals surface area contributed by atoms with Gasteiger partial charge in [-0.1, -0.05) is 0 Å². The Bertz CT molecular complexity index is 896. The van der Waals surface area contributed by atoms with E-state index in [1.54, 1.807) is 24.1 Å². The van der Waals surface area contributed by atoms with Gasteiger partial charge in [-0.3, -0.25) is 4.79 Å². The van der Waals surface area contributed by atoms with Crippen molar-refractivity contribution in [1.82, 2.24) is 9.88 Å². The number of anilines is 2. The smallest absolute Gasteiger partial charge is 0.255 e. The van der Waals surface area contributed by atoms with Gasteiger partial charge in [0.2, 0.25) is 0 Å². The second-order valence-electron chi connectivity index (χ2n) is 6.43. The quantitative estimate of drug-likeness (QED) is 0.817. The standard InChI is InChI=1S/C19H23N3O4S/c1-3-22(16-10-11-27(24,25)13-16)19(23)14-4-9-18(20-12-14)21-15-5-7-17(26-2)8-6-15/h4-9,12,16H,3,10-11,13H2,1-2H3,(H,20,21). The van der Waals surface area contributed by atoms with Crippen molar-refractivity contribution >= 4 is 27.2 Å². The zero-order valence-corrected chi connectivity index (χ0v) is 16.2. The van der Waals surface area contributed by atoms with E-state index in [-0.39, 0.29) is 23.5 Å². The molecule has 2 aromatic rings. The fourth-order valence-electron chi connectivity index (χ4n) is 3.17. The van der Waals surface area contributed by atoms with E-state index in [9.17, 15) is 13.2 Å². The third-order valence-electron chi connectivity index (χ3n) is 4.62. The van der Waals surface area contributed by atoms with Crippen molar-refractivity contribution in [3.05, 3.63) is 48.2 Å². The van der Waals surface area contributed by atoms with Crippen LogP contribution >= 0.6 is 0 Å². The topological polar surface area (TPSA) is 88.6 Å². The number of amides is 1. The van der Waals surface area contributed by atoms with Gasteiger partial charge in [-0.2, -0.15) is 0 Å². The summed E-state index contributed by atoms with van der Waals surface area (Å²) in [7, 11) is -1.43. The Hall–Kier alpha value is -2.61. The van der Waals surface area contributed by atoms with E-state index >= 15 is 0 Å². The number of nitrogens with zero attached hydrogens (tertiary/aromatic N) is 2. The van der Waals surface area contributed by atoms with Crippen LogP contribution in [0.4, 0.5) is 11.5 Å². The SMILES string of the molecule is CCN(C(=O)c1ccc(Nc2ccc(OC)cc2)nc1)C1CCS(=O)(=O)C1. The summed E-state index contributed by atoms with van der Waals surface area (Å²) in [6.45, 7) is 2.32. The summed E-state index contributed by atoms with van der Waals surface area (Å²) in [5.74, 6) is 1.37. The molecule has 1 unspecified atom stereocenters. The molecule has 1 fully saturated rings. The lowest BCUT2D eigenvalue weighted by Gasteiger charge is -2.26. The molecule has 1 atom stereocenters. The van der Waals surface area contributed by atoms with Crippen LogP contribution in [0.3, 0.4) is 0 Å². The van der Waals surface area contributed by atoms with Gasteiger partial charge in [0.1, 0.15) is 11.6 Å². The van der Waals surface area contributed by atoms with Gasteiger partial charge in [-0.15, -0.1) is 0 Å². The lowest BCUT2D eigenvalue weighted by Crippen LogP contribution is -2.41. The molecule has 1 aromatic heterocycles. The van der Waals surface area contributed by atoms with Gasteiger partial charge in [-0.05, 0) is 49.7 Å². The minimum atomic E-state index is -3.04. The molecule has 8 heteroatoms. The van der Waals surface area contributed by atoms with Gasteiger partial charge in [0.25, 0.3) is 5.91 Å². The minimum Gasteiger partial charge on any atom is -0.497 e. The third kappa shape index (κ3) is 4.57. The maximum absolute atomic E-state index is 12.8. The predicted octanol–water partition coefficient (Wildman–Crippen LogP) is 2.48. The Balaban J connectivity index is 1.69. The number of carbonyl (C=O) groups is 1. The highest BCUT2D eigenvalue weighted by molar-refractivity contribution is 7.91. The molecule has 2 heterocycles. The number of hydrogen-bond donors (Lipinski definition) is 1. The number of sulfone groups is 1. The molecular formula is C19H23N3O4S. The lowest BCUT2D eigenvalue weighted by atomic mass is 10.1. The average Bonchev–Trinajstić information content (AvgIpc) is 3.03. The van der Waals surface area contributed by atoms with Crippen molar-refractivity contribution in [2.75, 3.05) is 30.5 Å². The molecule has 144 valence electrons. The van der Waals surface area contributed by atoms with Crippen LogP contribution in [0.1, 0.15) is 23.7 Å². The maximum Gasteiger partial charge on any atom is 0.255 e. The summed E-state index contributed by atoms with van der Waals surface area (Å²) >= 11 is 0. The first-order valence-corrected chi connectivity index (χ1v) is 10.6. The van der Waals surface area contributed by atoms with Gasteiger partial charge in [0.15, 0.2) is 9.84 Å². The maximum atomic E-state index is 12.8. The molecule has 1 aromatic carbocycles. The molecule has 0 bridgehead atoms. The fraction of sp³-hybridized carbons (Fsp3) is 0.368. The number of methoxy groups -OCH3 is 1. The number of aromatic nitrogens is 1. The van der Waals surface area contributed by atoms with Crippen LogP contribution in [0.2, 0.25) is 0 Å². The molecule has 1 aliphatic heterocycles. The average molecular weight is 389 g/mol. The third-order valence-corrected chi connectivity index (χ3v) is 6.37. The molecule has 0 spiro atoms. The van der Waals surface area contributed by atoms with Crippen LogP contribution in [-0.2, 0) is 9.84 Å². The zero-order chi connectivity index (χ0) is 19.4. The van der Waals surface area contributed by atoms with E-state index in [1.807, 2.05) is 31.2 Å². The van der Waals surface area contributed by atoms with Crippen molar-refractivity contribution in [3.63, 3.8) is 0 Å². The van der Waals surface area contributed by atoms with Crippen molar-refractivity contribution in [3.8, 4) is 5.75 Å². The van der Waals surface area contributed by atoms with Gasteiger partial charge in [-0.25, -0.2) is 13.4 Å². The van der Waals surface area contributed by atoms with Crippen LogP contribution < -0.4 is 10.1 Å². The number of rotatable bonds is 6. The van der Waals surface area contributed by atoms with E-state index in [1.165, 1.54) is 6.20 Å². The fourth-order valence-corrected chi connectivity index (χ4v) is 4.90. The van der Waals surface area contributed by atoms with Crippen LogP contribution in [0, 0.1) is 0 Å². The first-order chi connectivity index (χ1) is 12.9. The van der Waals surface area contributed by atoms with Crippen LogP contribution in [0.5, 0.6) is 5.75 Å². The Morgan fingerprint density at radius 2 is 2.00 bits per heavy atom. The predicted molar refractivity (Wildman–Crippen MR) is 104 cm³/mol. The van der Waals surface area contributed by atoms with Crippen molar-refractivity contribution in [1.29, 1.82) is 0 Å². The lowest BCUT2D eigenvalue weighted by molar-refractivity contribution is 0.0708. The summed E-state index contributed by atoms with van der Waals surface area (Å²) in [6, 6.07) is 10.6. The summed E-state index contributed by atoms with van der Waals surface area (Å²) in [5.41, 5.74) is 1.30. The highest BCUT2D eigenvalue weighted by Gasteiger charge is 2.34. The van der Waals surface area contributed by atoms with Crippen molar-refractivity contribution in [2.24, 2.45) is 0 Å². The molecule has 0 radical (unpaired) electrons.